The van der Waals surface area contributed by atoms with Gasteiger partial charge in [-0.05, 0) is 43.3 Å². The molecule has 0 aliphatic carbocycles. The van der Waals surface area contributed by atoms with Crippen molar-refractivity contribution in [1.82, 2.24) is 9.88 Å². The maximum atomic E-state index is 12.6. The third kappa shape index (κ3) is 4.73. The number of rotatable bonds is 6. The molecule has 6 heteroatoms. The smallest absolute Gasteiger partial charge is 0.416 e. The third-order valence-corrected chi connectivity index (χ3v) is 4.07. The lowest BCUT2D eigenvalue weighted by Gasteiger charge is -2.14. The van der Waals surface area contributed by atoms with E-state index in [2.05, 4.69) is 22.0 Å². The highest BCUT2D eigenvalue weighted by Gasteiger charge is 2.30. The van der Waals surface area contributed by atoms with E-state index in [4.69, 9.17) is 4.42 Å². The Morgan fingerprint density at radius 2 is 1.69 bits per heavy atom. The molecule has 136 valence electrons. The van der Waals surface area contributed by atoms with Crippen LogP contribution in [0.15, 0.2) is 65.3 Å². The van der Waals surface area contributed by atoms with Gasteiger partial charge in [0.05, 0.1) is 11.3 Å². The summed E-state index contributed by atoms with van der Waals surface area (Å²) in [5.41, 5.74) is 1.85. The number of likely N-dealkylation sites (N-methyl/N-ethyl adjacent to an activating group) is 1. The predicted octanol–water partition coefficient (Wildman–Crippen LogP) is 5.03. The molecule has 26 heavy (non-hydrogen) atoms. The molecule has 0 bridgehead atoms. The van der Waals surface area contributed by atoms with Crippen molar-refractivity contribution in [3.05, 3.63) is 77.7 Å². The molecule has 3 rings (SSSR count). The Labute approximate surface area is 150 Å². The molecule has 0 fully saturated rings. The van der Waals surface area contributed by atoms with Crippen molar-refractivity contribution in [1.29, 1.82) is 0 Å². The largest absolute Gasteiger partial charge is 0.444 e. The van der Waals surface area contributed by atoms with Crippen LogP contribution in [0.4, 0.5) is 13.2 Å². The van der Waals surface area contributed by atoms with Gasteiger partial charge in [-0.25, -0.2) is 4.98 Å². The van der Waals surface area contributed by atoms with Crippen LogP contribution in [0.2, 0.25) is 0 Å². The van der Waals surface area contributed by atoms with Gasteiger partial charge in [-0.3, -0.25) is 0 Å². The maximum Gasteiger partial charge on any atom is 0.416 e. The van der Waals surface area contributed by atoms with E-state index in [0.717, 1.165) is 30.8 Å². The molecule has 0 aliphatic rings. The summed E-state index contributed by atoms with van der Waals surface area (Å²) >= 11 is 0. The van der Waals surface area contributed by atoms with Crippen molar-refractivity contribution in [2.75, 3.05) is 13.6 Å². The molecule has 0 radical (unpaired) electrons. The minimum Gasteiger partial charge on any atom is -0.444 e. The third-order valence-electron chi connectivity index (χ3n) is 4.07. The van der Waals surface area contributed by atoms with Crippen LogP contribution in [0.1, 0.15) is 16.8 Å². The summed E-state index contributed by atoms with van der Waals surface area (Å²) in [7, 11) is 2.00. The molecule has 1 aromatic heterocycles. The molecule has 0 N–H and O–H groups in total. The molecule has 1 heterocycles. The first-order chi connectivity index (χ1) is 12.4. The van der Waals surface area contributed by atoms with Crippen LogP contribution in [0.5, 0.6) is 0 Å². The Kier molecular flexibility index (Phi) is 5.42. The minimum absolute atomic E-state index is 0.324. The topological polar surface area (TPSA) is 29.3 Å². The van der Waals surface area contributed by atoms with E-state index < -0.39 is 11.7 Å². The van der Waals surface area contributed by atoms with Gasteiger partial charge in [0, 0.05) is 18.7 Å². The first kappa shape index (κ1) is 18.2. The zero-order chi connectivity index (χ0) is 18.6. The Balaban J connectivity index is 1.59. The molecule has 0 amide bonds. The summed E-state index contributed by atoms with van der Waals surface area (Å²) in [4.78, 5) is 6.50. The number of nitrogens with zero attached hydrogens (tertiary/aromatic N) is 2. The summed E-state index contributed by atoms with van der Waals surface area (Å²) in [6.07, 6.45) is -1.87. The van der Waals surface area contributed by atoms with Crippen LogP contribution in [-0.2, 0) is 19.1 Å². The van der Waals surface area contributed by atoms with Gasteiger partial charge in [-0.15, -0.1) is 0 Å². The van der Waals surface area contributed by atoms with Crippen LogP contribution in [0, 0.1) is 0 Å². The highest BCUT2D eigenvalue weighted by atomic mass is 19.4. The van der Waals surface area contributed by atoms with Crippen molar-refractivity contribution in [2.24, 2.45) is 0 Å². The second-order valence-electron chi connectivity index (χ2n) is 6.19. The van der Waals surface area contributed by atoms with Crippen molar-refractivity contribution in [2.45, 2.75) is 19.1 Å². The molecule has 0 saturated heterocycles. The minimum atomic E-state index is -4.35. The van der Waals surface area contributed by atoms with E-state index in [0.29, 0.717) is 18.0 Å². The van der Waals surface area contributed by atoms with E-state index in [-0.39, 0.29) is 0 Å². The second kappa shape index (κ2) is 7.74. The Hall–Kier alpha value is -2.60. The summed E-state index contributed by atoms with van der Waals surface area (Å²) in [6.45, 7) is 1.48. The number of alkyl halides is 3. The van der Waals surface area contributed by atoms with Crippen LogP contribution in [0.25, 0.3) is 11.5 Å². The Morgan fingerprint density at radius 3 is 2.35 bits per heavy atom. The summed E-state index contributed by atoms with van der Waals surface area (Å²) < 4.78 is 43.3. The van der Waals surface area contributed by atoms with Gasteiger partial charge >= 0.3 is 6.18 Å². The average Bonchev–Trinajstić information content (AvgIpc) is 3.09. The zero-order valence-electron chi connectivity index (χ0n) is 14.3. The van der Waals surface area contributed by atoms with Crippen molar-refractivity contribution < 1.29 is 17.6 Å². The normalized spacial score (nSPS) is 11.9. The first-order valence-electron chi connectivity index (χ1n) is 8.26. The number of oxazole rings is 1. The van der Waals surface area contributed by atoms with E-state index >= 15 is 0 Å². The highest BCUT2D eigenvalue weighted by molar-refractivity contribution is 5.54. The second-order valence-corrected chi connectivity index (χ2v) is 6.19. The van der Waals surface area contributed by atoms with Gasteiger partial charge in [0.2, 0.25) is 5.89 Å². The Bertz CT molecular complexity index is 826. The van der Waals surface area contributed by atoms with Gasteiger partial charge in [-0.1, -0.05) is 30.3 Å². The lowest BCUT2D eigenvalue weighted by Crippen LogP contribution is -2.20. The fraction of sp³-hybridized carbons (Fsp3) is 0.250. The van der Waals surface area contributed by atoms with Crippen molar-refractivity contribution >= 4 is 0 Å². The van der Waals surface area contributed by atoms with Gasteiger partial charge in [0.15, 0.2) is 0 Å². The van der Waals surface area contributed by atoms with Gasteiger partial charge < -0.3 is 9.32 Å². The number of aromatic nitrogens is 1. The molecule has 0 unspecified atom stereocenters. The fourth-order valence-electron chi connectivity index (χ4n) is 2.63. The van der Waals surface area contributed by atoms with Crippen molar-refractivity contribution in [3.8, 4) is 11.5 Å². The molecule has 0 saturated carbocycles. The average molecular weight is 360 g/mol. The van der Waals surface area contributed by atoms with Crippen LogP contribution in [0.3, 0.4) is 0 Å². The quantitative estimate of drug-likeness (QED) is 0.617. The van der Waals surface area contributed by atoms with Crippen LogP contribution < -0.4 is 0 Å². The lowest BCUT2D eigenvalue weighted by atomic mass is 10.1. The van der Waals surface area contributed by atoms with Crippen LogP contribution >= 0.6 is 0 Å². The monoisotopic (exact) mass is 360 g/mol. The van der Waals surface area contributed by atoms with E-state index in [9.17, 15) is 13.2 Å². The first-order valence-corrected chi connectivity index (χ1v) is 8.26. The molecule has 0 spiro atoms. The number of benzene rings is 2. The van der Waals surface area contributed by atoms with Crippen molar-refractivity contribution in [3.63, 3.8) is 0 Å². The highest BCUT2D eigenvalue weighted by Crippen LogP contribution is 2.30. The SMILES string of the molecule is CN(CCc1ccccc1)Cc1coc(-c2ccc(C(F)(F)F)cc2)n1. The van der Waals surface area contributed by atoms with Crippen LogP contribution in [-0.4, -0.2) is 23.5 Å². The molecular weight excluding hydrogens is 341 g/mol. The number of hydrogen-bond acceptors (Lipinski definition) is 3. The van der Waals surface area contributed by atoms with Gasteiger partial charge in [0.25, 0.3) is 0 Å². The summed E-state index contributed by atoms with van der Waals surface area (Å²) in [5, 5.41) is 0. The van der Waals surface area contributed by atoms with E-state index in [1.165, 1.54) is 17.7 Å². The zero-order valence-corrected chi connectivity index (χ0v) is 14.3. The molecular formula is C20H19F3N2O. The maximum absolute atomic E-state index is 12.6. The Morgan fingerprint density at radius 1 is 1.00 bits per heavy atom. The van der Waals surface area contributed by atoms with Gasteiger partial charge in [0.1, 0.15) is 6.26 Å². The molecule has 2 aromatic carbocycles. The number of halogens is 3. The van der Waals surface area contributed by atoms with E-state index in [1.54, 1.807) is 6.26 Å². The molecule has 0 aliphatic heterocycles. The number of hydrogen-bond donors (Lipinski definition) is 0. The summed E-state index contributed by atoms with van der Waals surface area (Å²) in [6, 6.07) is 15.0. The fourth-order valence-corrected chi connectivity index (χ4v) is 2.63. The predicted molar refractivity (Wildman–Crippen MR) is 93.4 cm³/mol. The van der Waals surface area contributed by atoms with Gasteiger partial charge in [-0.2, -0.15) is 13.2 Å². The lowest BCUT2D eigenvalue weighted by molar-refractivity contribution is -0.137. The van der Waals surface area contributed by atoms with E-state index in [1.807, 2.05) is 25.2 Å². The summed E-state index contributed by atoms with van der Waals surface area (Å²) in [5.74, 6) is 0.324. The molecule has 3 nitrogen and oxygen atoms in total. The molecule has 3 aromatic rings. The molecule has 0 atom stereocenters. The standard InChI is InChI=1S/C20H19F3N2O/c1-25(12-11-15-5-3-2-4-6-15)13-18-14-26-19(24-18)16-7-9-17(10-8-16)20(21,22)23/h2-10,14H,11-13H2,1H3.